The molecule has 3 nitrogen and oxygen atoms in total. The Hall–Kier alpha value is -1.78. The SMILES string of the molecule is FC[C@@H]1C[C@H](F)c2nn(-c3ccccc3)c[n+]21. The van der Waals surface area contributed by atoms with Gasteiger partial charge in [-0.25, -0.2) is 13.3 Å². The fraction of sp³-hybridized carbons (Fsp3) is 0.333. The molecule has 0 unspecified atom stereocenters. The van der Waals surface area contributed by atoms with Crippen molar-refractivity contribution in [3.05, 3.63) is 42.5 Å². The lowest BCUT2D eigenvalue weighted by Gasteiger charge is -2.00. The van der Waals surface area contributed by atoms with Crippen molar-refractivity contribution >= 4 is 0 Å². The van der Waals surface area contributed by atoms with Crippen LogP contribution >= 0.6 is 0 Å². The highest BCUT2D eigenvalue weighted by atomic mass is 19.1. The highest BCUT2D eigenvalue weighted by Gasteiger charge is 2.40. The highest BCUT2D eigenvalue weighted by molar-refractivity contribution is 5.29. The summed E-state index contributed by atoms with van der Waals surface area (Å²) >= 11 is 0. The molecule has 2 atom stereocenters. The Bertz CT molecular complexity index is 524. The summed E-state index contributed by atoms with van der Waals surface area (Å²) < 4.78 is 29.5. The van der Waals surface area contributed by atoms with Crippen LogP contribution in [0.15, 0.2) is 36.7 Å². The maximum Gasteiger partial charge on any atom is 0.312 e. The molecule has 5 heteroatoms. The molecule has 0 aliphatic carbocycles. The number of hydrogen-bond donors (Lipinski definition) is 0. The van der Waals surface area contributed by atoms with Crippen LogP contribution in [0.4, 0.5) is 8.78 Å². The summed E-state index contributed by atoms with van der Waals surface area (Å²) in [5, 5.41) is 4.18. The Morgan fingerprint density at radius 2 is 2.12 bits per heavy atom. The van der Waals surface area contributed by atoms with Crippen LogP contribution in [0.5, 0.6) is 0 Å². The van der Waals surface area contributed by atoms with Crippen LogP contribution < -0.4 is 4.57 Å². The van der Waals surface area contributed by atoms with Gasteiger partial charge in [0, 0.05) is 11.5 Å². The molecule has 0 radical (unpaired) electrons. The van der Waals surface area contributed by atoms with E-state index in [-0.39, 0.29) is 6.42 Å². The van der Waals surface area contributed by atoms with Crippen molar-refractivity contribution in [3.8, 4) is 5.69 Å². The van der Waals surface area contributed by atoms with E-state index in [4.69, 9.17) is 0 Å². The molecule has 1 aliphatic rings. The van der Waals surface area contributed by atoms with E-state index in [2.05, 4.69) is 5.10 Å². The Balaban J connectivity index is 2.04. The molecule has 3 rings (SSSR count). The van der Waals surface area contributed by atoms with Crippen molar-refractivity contribution in [1.82, 2.24) is 9.78 Å². The van der Waals surface area contributed by atoms with Gasteiger partial charge in [-0.15, -0.1) is 0 Å². The molecule has 0 spiro atoms. The lowest BCUT2D eigenvalue weighted by atomic mass is 10.2. The third-order valence-corrected chi connectivity index (χ3v) is 3.06. The zero-order valence-electron chi connectivity index (χ0n) is 9.13. The second-order valence-electron chi connectivity index (χ2n) is 4.17. The van der Waals surface area contributed by atoms with E-state index in [1.54, 1.807) is 15.6 Å². The molecular formula is C12H12F2N3+. The average molecular weight is 236 g/mol. The predicted octanol–water partition coefficient (Wildman–Crippen LogP) is 2.08. The number of hydrogen-bond acceptors (Lipinski definition) is 1. The predicted molar refractivity (Wildman–Crippen MR) is 57.2 cm³/mol. The minimum Gasteiger partial charge on any atom is -0.247 e. The average Bonchev–Trinajstić information content (AvgIpc) is 2.92. The van der Waals surface area contributed by atoms with Gasteiger partial charge in [0.25, 0.3) is 0 Å². The number of aromatic nitrogens is 3. The summed E-state index contributed by atoms with van der Waals surface area (Å²) in [5.41, 5.74) is 0.846. The van der Waals surface area contributed by atoms with Crippen molar-refractivity contribution in [1.29, 1.82) is 0 Å². The molecule has 88 valence electrons. The van der Waals surface area contributed by atoms with Crippen LogP contribution in [0.25, 0.3) is 5.69 Å². The lowest BCUT2D eigenvalue weighted by molar-refractivity contribution is -0.717. The first-order chi connectivity index (χ1) is 8.29. The van der Waals surface area contributed by atoms with Gasteiger partial charge in [-0.05, 0) is 12.1 Å². The monoisotopic (exact) mass is 236 g/mol. The van der Waals surface area contributed by atoms with Crippen LogP contribution in [-0.2, 0) is 0 Å². The van der Waals surface area contributed by atoms with E-state index in [0.29, 0.717) is 5.82 Å². The summed E-state index contributed by atoms with van der Waals surface area (Å²) in [6.07, 6.45) is 0.684. The molecule has 1 aliphatic heterocycles. The fourth-order valence-electron chi connectivity index (χ4n) is 2.17. The third kappa shape index (κ3) is 1.62. The maximum atomic E-state index is 13.6. The van der Waals surface area contributed by atoms with Crippen molar-refractivity contribution in [2.45, 2.75) is 18.6 Å². The second-order valence-corrected chi connectivity index (χ2v) is 4.17. The van der Waals surface area contributed by atoms with Crippen molar-refractivity contribution in [2.24, 2.45) is 0 Å². The first-order valence-electron chi connectivity index (χ1n) is 5.55. The number of rotatable bonds is 2. The van der Waals surface area contributed by atoms with Gasteiger partial charge in [0.2, 0.25) is 6.33 Å². The highest BCUT2D eigenvalue weighted by Crippen LogP contribution is 2.29. The fourth-order valence-corrected chi connectivity index (χ4v) is 2.17. The first-order valence-corrected chi connectivity index (χ1v) is 5.55. The molecule has 2 aromatic rings. The van der Waals surface area contributed by atoms with Gasteiger partial charge in [-0.1, -0.05) is 22.9 Å². The lowest BCUT2D eigenvalue weighted by Crippen LogP contribution is -2.37. The van der Waals surface area contributed by atoms with Gasteiger partial charge in [0.05, 0.1) is 0 Å². The van der Waals surface area contributed by atoms with Crippen molar-refractivity contribution in [2.75, 3.05) is 6.67 Å². The number of fused-ring (bicyclic) bond motifs is 1. The molecule has 0 fully saturated rings. The van der Waals surface area contributed by atoms with Gasteiger partial charge >= 0.3 is 5.82 Å². The molecule has 0 bridgehead atoms. The Morgan fingerprint density at radius 1 is 1.35 bits per heavy atom. The Kier molecular flexibility index (Phi) is 2.39. The van der Waals surface area contributed by atoms with Crippen molar-refractivity contribution < 1.29 is 13.3 Å². The quantitative estimate of drug-likeness (QED) is 0.732. The number of benzene rings is 1. The largest absolute Gasteiger partial charge is 0.312 e. The van der Waals surface area contributed by atoms with Gasteiger partial charge in [-0.2, -0.15) is 0 Å². The smallest absolute Gasteiger partial charge is 0.247 e. The van der Waals surface area contributed by atoms with E-state index < -0.39 is 18.9 Å². The Morgan fingerprint density at radius 3 is 2.82 bits per heavy atom. The van der Waals surface area contributed by atoms with E-state index in [1.807, 2.05) is 30.3 Å². The zero-order valence-corrected chi connectivity index (χ0v) is 9.13. The van der Waals surface area contributed by atoms with Gasteiger partial charge in [0.15, 0.2) is 6.17 Å². The van der Waals surface area contributed by atoms with E-state index in [1.165, 1.54) is 0 Å². The number of alkyl halides is 2. The van der Waals surface area contributed by atoms with E-state index in [0.717, 1.165) is 5.69 Å². The minimum absolute atomic E-state index is 0.189. The molecule has 0 saturated heterocycles. The molecule has 1 aromatic carbocycles. The molecule has 2 heterocycles. The normalized spacial score (nSPS) is 22.7. The molecule has 0 N–H and O–H groups in total. The van der Waals surface area contributed by atoms with Gasteiger partial charge in [-0.3, -0.25) is 0 Å². The molecule has 0 amide bonds. The number of halogens is 2. The number of para-hydroxylation sites is 1. The van der Waals surface area contributed by atoms with Crippen LogP contribution in [0.1, 0.15) is 24.5 Å². The molecule has 17 heavy (non-hydrogen) atoms. The van der Waals surface area contributed by atoms with Gasteiger partial charge < -0.3 is 0 Å². The topological polar surface area (TPSA) is 21.7 Å². The first kappa shape index (κ1) is 10.4. The summed E-state index contributed by atoms with van der Waals surface area (Å²) in [4.78, 5) is 0. The maximum absolute atomic E-state index is 13.6. The van der Waals surface area contributed by atoms with Crippen LogP contribution in [0.2, 0.25) is 0 Å². The molecule has 0 saturated carbocycles. The molecule has 1 aromatic heterocycles. The zero-order chi connectivity index (χ0) is 11.8. The summed E-state index contributed by atoms with van der Waals surface area (Å²) in [6.45, 7) is -0.557. The summed E-state index contributed by atoms with van der Waals surface area (Å²) in [7, 11) is 0. The van der Waals surface area contributed by atoms with Gasteiger partial charge in [0.1, 0.15) is 18.4 Å². The summed E-state index contributed by atoms with van der Waals surface area (Å²) in [5.74, 6) is 0.316. The minimum atomic E-state index is -1.17. The van der Waals surface area contributed by atoms with E-state index in [9.17, 15) is 8.78 Å². The van der Waals surface area contributed by atoms with Crippen molar-refractivity contribution in [3.63, 3.8) is 0 Å². The molecular weight excluding hydrogens is 224 g/mol. The standard InChI is InChI=1S/C12H12F2N3/c13-7-10-6-11(14)12-15-17(8-16(10)12)9-4-2-1-3-5-9/h1-5,8,10-11H,6-7H2/q+1/t10-,11-/m0/s1. The third-order valence-electron chi connectivity index (χ3n) is 3.06. The Labute approximate surface area is 97.3 Å². The van der Waals surface area contributed by atoms with Crippen LogP contribution in [-0.4, -0.2) is 16.5 Å². The van der Waals surface area contributed by atoms with E-state index >= 15 is 0 Å². The second kappa shape index (κ2) is 3.91. The summed E-state index contributed by atoms with van der Waals surface area (Å²) in [6, 6.07) is 8.99. The van der Waals surface area contributed by atoms with Crippen LogP contribution in [0.3, 0.4) is 0 Å². The van der Waals surface area contributed by atoms with Crippen LogP contribution in [0, 0.1) is 0 Å². The number of nitrogens with zero attached hydrogens (tertiary/aromatic N) is 3.